The van der Waals surface area contributed by atoms with Gasteiger partial charge in [0.15, 0.2) is 0 Å². The van der Waals surface area contributed by atoms with Crippen LogP contribution in [0.4, 0.5) is 5.69 Å². The maximum absolute atomic E-state index is 5.87. The minimum Gasteiger partial charge on any atom is -0.457 e. The topological polar surface area (TPSA) is 21.3 Å². The van der Waals surface area contributed by atoms with Crippen LogP contribution in [0.15, 0.2) is 84.4 Å². The van der Waals surface area contributed by atoms with E-state index in [0.717, 1.165) is 28.4 Å². The molecule has 0 aliphatic carbocycles. The molecule has 0 saturated heterocycles. The zero-order chi connectivity index (χ0) is 17.6. The molecule has 2 heteroatoms. The molecule has 0 radical (unpaired) electrons. The average molecular weight is 329 g/mol. The average Bonchev–Trinajstić information content (AvgIpc) is 2.62. The predicted molar refractivity (Wildman–Crippen MR) is 106 cm³/mol. The van der Waals surface area contributed by atoms with Gasteiger partial charge in [0, 0.05) is 11.4 Å². The second-order valence-corrected chi connectivity index (χ2v) is 6.25. The molecule has 0 bridgehead atoms. The fraction of sp³-hybridized carbons (Fsp3) is 0.130. The monoisotopic (exact) mass is 329 g/mol. The number of allylic oxidation sites excluding steroid dienone is 1. The molecule has 0 amide bonds. The van der Waals surface area contributed by atoms with Crippen molar-refractivity contribution in [2.24, 2.45) is 0 Å². The van der Waals surface area contributed by atoms with Crippen molar-refractivity contribution in [3.05, 3.63) is 95.6 Å². The third kappa shape index (κ3) is 4.30. The molecule has 3 aromatic rings. The number of hydrogen-bond acceptors (Lipinski definition) is 2. The summed E-state index contributed by atoms with van der Waals surface area (Å²) < 4.78 is 5.87. The molecule has 2 nitrogen and oxygen atoms in total. The summed E-state index contributed by atoms with van der Waals surface area (Å²) in [6.07, 6.45) is 0. The molecule has 25 heavy (non-hydrogen) atoms. The highest BCUT2D eigenvalue weighted by Crippen LogP contribution is 2.27. The van der Waals surface area contributed by atoms with Crippen molar-refractivity contribution in [2.45, 2.75) is 20.8 Å². The van der Waals surface area contributed by atoms with Crippen molar-refractivity contribution < 1.29 is 4.74 Å². The van der Waals surface area contributed by atoms with Gasteiger partial charge < -0.3 is 10.1 Å². The Bertz CT molecular complexity index is 860. The molecular weight excluding hydrogens is 306 g/mol. The molecule has 0 aromatic heterocycles. The fourth-order valence-corrected chi connectivity index (χ4v) is 2.65. The van der Waals surface area contributed by atoms with Crippen LogP contribution >= 0.6 is 0 Å². The van der Waals surface area contributed by atoms with Crippen LogP contribution in [0, 0.1) is 6.92 Å². The third-order valence-corrected chi connectivity index (χ3v) is 4.03. The molecule has 0 fully saturated rings. The zero-order valence-corrected chi connectivity index (χ0v) is 14.9. The maximum atomic E-state index is 5.87. The molecular formula is C23H23NO. The van der Waals surface area contributed by atoms with Gasteiger partial charge in [-0.15, -0.1) is 0 Å². The van der Waals surface area contributed by atoms with Crippen LogP contribution in [0.5, 0.6) is 11.5 Å². The number of benzene rings is 3. The Morgan fingerprint density at radius 3 is 1.96 bits per heavy atom. The minimum atomic E-state index is 0.832. The molecule has 3 aromatic carbocycles. The minimum absolute atomic E-state index is 0.832. The van der Waals surface area contributed by atoms with E-state index < -0.39 is 0 Å². The lowest BCUT2D eigenvalue weighted by atomic mass is 10.1. The molecule has 0 heterocycles. The first-order valence-electron chi connectivity index (χ1n) is 8.47. The highest BCUT2D eigenvalue weighted by atomic mass is 16.5. The number of hydrogen-bond donors (Lipinski definition) is 1. The number of para-hydroxylation sites is 2. The summed E-state index contributed by atoms with van der Waals surface area (Å²) in [5, 5.41) is 3.57. The summed E-state index contributed by atoms with van der Waals surface area (Å²) in [5.74, 6) is 1.68. The van der Waals surface area contributed by atoms with Gasteiger partial charge in [-0.25, -0.2) is 0 Å². The third-order valence-electron chi connectivity index (χ3n) is 4.03. The number of ether oxygens (including phenoxy) is 1. The normalized spacial score (nSPS) is 10.2. The van der Waals surface area contributed by atoms with Crippen molar-refractivity contribution in [1.82, 2.24) is 0 Å². The molecule has 126 valence electrons. The van der Waals surface area contributed by atoms with Crippen LogP contribution in [0.2, 0.25) is 0 Å². The van der Waals surface area contributed by atoms with Crippen molar-refractivity contribution in [3.63, 3.8) is 0 Å². The second kappa shape index (κ2) is 7.71. The Hall–Kier alpha value is -3.00. The van der Waals surface area contributed by atoms with E-state index in [1.807, 2.05) is 42.5 Å². The summed E-state index contributed by atoms with van der Waals surface area (Å²) >= 11 is 0. The van der Waals surface area contributed by atoms with Gasteiger partial charge in [0.05, 0.1) is 0 Å². The highest BCUT2D eigenvalue weighted by Gasteiger charge is 2.07. The summed E-state index contributed by atoms with van der Waals surface area (Å²) in [5.41, 5.74) is 5.86. The zero-order valence-electron chi connectivity index (χ0n) is 14.9. The summed E-state index contributed by atoms with van der Waals surface area (Å²) in [7, 11) is 0. The smallest absolute Gasteiger partial charge is 0.127 e. The van der Waals surface area contributed by atoms with Crippen molar-refractivity contribution in [2.75, 3.05) is 5.32 Å². The van der Waals surface area contributed by atoms with E-state index in [2.05, 4.69) is 62.5 Å². The summed E-state index contributed by atoms with van der Waals surface area (Å²) in [4.78, 5) is 0. The lowest BCUT2D eigenvalue weighted by Gasteiger charge is -2.16. The Kier molecular flexibility index (Phi) is 5.20. The molecule has 0 spiro atoms. The van der Waals surface area contributed by atoms with Crippen molar-refractivity contribution in [3.8, 4) is 11.5 Å². The number of anilines is 1. The van der Waals surface area contributed by atoms with Crippen LogP contribution in [-0.2, 0) is 0 Å². The van der Waals surface area contributed by atoms with Crippen LogP contribution < -0.4 is 10.1 Å². The maximum Gasteiger partial charge on any atom is 0.127 e. The predicted octanol–water partition coefficient (Wildman–Crippen LogP) is 6.65. The van der Waals surface area contributed by atoms with Gasteiger partial charge in [-0.2, -0.15) is 0 Å². The first-order valence-corrected chi connectivity index (χ1v) is 8.47. The molecule has 1 N–H and O–H groups in total. The van der Waals surface area contributed by atoms with Gasteiger partial charge in [0.25, 0.3) is 0 Å². The highest BCUT2D eigenvalue weighted by molar-refractivity contribution is 5.79. The van der Waals surface area contributed by atoms with E-state index in [1.165, 1.54) is 11.1 Å². The first kappa shape index (κ1) is 16.8. The van der Waals surface area contributed by atoms with Gasteiger partial charge in [-0.1, -0.05) is 42.0 Å². The summed E-state index contributed by atoms with van der Waals surface area (Å²) in [6, 6.07) is 26.3. The van der Waals surface area contributed by atoms with Crippen LogP contribution in [-0.4, -0.2) is 0 Å². The van der Waals surface area contributed by atoms with Crippen LogP contribution in [0.3, 0.4) is 0 Å². The standard InChI is InChI=1S/C23H23NO/c1-17(2)23(24-22-12-8-7-9-18(22)3)19-13-15-21(16-14-19)25-20-10-5-4-6-11-20/h4-16,24H,1-3H3. The first-order chi connectivity index (χ1) is 12.1. The van der Waals surface area contributed by atoms with E-state index in [4.69, 9.17) is 4.74 Å². The van der Waals surface area contributed by atoms with Gasteiger partial charge in [0.2, 0.25) is 0 Å². The van der Waals surface area contributed by atoms with E-state index >= 15 is 0 Å². The largest absolute Gasteiger partial charge is 0.457 e. The lowest BCUT2D eigenvalue weighted by Crippen LogP contribution is -2.02. The SMILES string of the molecule is CC(C)=C(Nc1ccccc1C)c1ccc(Oc2ccccc2)cc1. The van der Waals surface area contributed by atoms with Crippen LogP contribution in [0.25, 0.3) is 5.70 Å². The Labute approximate surface area is 149 Å². The Morgan fingerprint density at radius 2 is 1.32 bits per heavy atom. The lowest BCUT2D eigenvalue weighted by molar-refractivity contribution is 0.482. The summed E-state index contributed by atoms with van der Waals surface area (Å²) in [6.45, 7) is 6.35. The molecule has 0 saturated carbocycles. The van der Waals surface area contributed by atoms with E-state index in [9.17, 15) is 0 Å². The molecule has 0 unspecified atom stereocenters. The van der Waals surface area contributed by atoms with Gasteiger partial charge in [0.1, 0.15) is 11.5 Å². The van der Waals surface area contributed by atoms with E-state index in [1.54, 1.807) is 0 Å². The van der Waals surface area contributed by atoms with Gasteiger partial charge in [-0.3, -0.25) is 0 Å². The Balaban J connectivity index is 1.81. The fourth-order valence-electron chi connectivity index (χ4n) is 2.65. The molecule has 0 aliphatic rings. The number of rotatable bonds is 5. The quantitative estimate of drug-likeness (QED) is 0.566. The van der Waals surface area contributed by atoms with Crippen molar-refractivity contribution >= 4 is 11.4 Å². The van der Waals surface area contributed by atoms with E-state index in [0.29, 0.717) is 0 Å². The van der Waals surface area contributed by atoms with Gasteiger partial charge >= 0.3 is 0 Å². The number of aryl methyl sites for hydroxylation is 1. The molecule has 0 aliphatic heterocycles. The second-order valence-electron chi connectivity index (χ2n) is 6.25. The number of nitrogens with one attached hydrogen (secondary N) is 1. The molecule has 0 atom stereocenters. The Morgan fingerprint density at radius 1 is 0.720 bits per heavy atom. The van der Waals surface area contributed by atoms with Crippen molar-refractivity contribution in [1.29, 1.82) is 0 Å². The van der Waals surface area contributed by atoms with E-state index in [-0.39, 0.29) is 0 Å². The van der Waals surface area contributed by atoms with Crippen LogP contribution in [0.1, 0.15) is 25.0 Å². The molecule has 3 rings (SSSR count). The van der Waals surface area contributed by atoms with Gasteiger partial charge in [-0.05, 0) is 74.4 Å².